The summed E-state index contributed by atoms with van der Waals surface area (Å²) in [6, 6.07) is -0.446. The van der Waals surface area contributed by atoms with Crippen molar-refractivity contribution in [2.45, 2.75) is 63.5 Å². The average Bonchev–Trinajstić information content (AvgIpc) is 3.21. The molecule has 0 bridgehead atoms. The summed E-state index contributed by atoms with van der Waals surface area (Å²) in [5.41, 5.74) is -3.98. The number of nitrogens with zero attached hydrogens (tertiary/aromatic N) is 5. The van der Waals surface area contributed by atoms with Gasteiger partial charge in [0.25, 0.3) is 5.56 Å². The van der Waals surface area contributed by atoms with Crippen LogP contribution in [0.1, 0.15) is 50.2 Å². The van der Waals surface area contributed by atoms with Crippen molar-refractivity contribution in [2.75, 3.05) is 29.9 Å². The highest BCUT2D eigenvalue weighted by molar-refractivity contribution is 5.81. The van der Waals surface area contributed by atoms with Crippen molar-refractivity contribution in [3.63, 3.8) is 0 Å². The number of piperidine rings is 1. The molecule has 2 aromatic heterocycles. The van der Waals surface area contributed by atoms with Gasteiger partial charge >= 0.3 is 12.4 Å². The number of alkyl halides is 6. The molecule has 2 saturated heterocycles. The number of carbonyl (C=O) groups excluding carboxylic acids is 1. The maximum absolute atomic E-state index is 13.3. The van der Waals surface area contributed by atoms with E-state index in [9.17, 15) is 35.9 Å². The zero-order valence-electron chi connectivity index (χ0n) is 20.4. The molecule has 0 unspecified atom stereocenters. The van der Waals surface area contributed by atoms with Gasteiger partial charge in [-0.3, -0.25) is 9.59 Å². The van der Waals surface area contributed by atoms with E-state index >= 15 is 0 Å². The highest BCUT2D eigenvalue weighted by Crippen LogP contribution is 2.33. The number of carbonyl (C=O) groups is 1. The Hall–Kier alpha value is -3.39. The van der Waals surface area contributed by atoms with Crippen molar-refractivity contribution < 1.29 is 31.1 Å². The quantitative estimate of drug-likeness (QED) is 0.509. The Kier molecular flexibility index (Phi) is 7.83. The largest absolute Gasteiger partial charge is 0.423 e. The van der Waals surface area contributed by atoms with E-state index in [1.165, 1.54) is 0 Å². The molecule has 2 fully saturated rings. The summed E-state index contributed by atoms with van der Waals surface area (Å²) in [6.45, 7) is 3.25. The fraction of sp³-hybridized carbons (Fsp3) is 0.609. The van der Waals surface area contributed by atoms with E-state index in [-0.39, 0.29) is 23.8 Å². The van der Waals surface area contributed by atoms with Crippen molar-refractivity contribution in [3.8, 4) is 0 Å². The second kappa shape index (κ2) is 10.8. The number of halogens is 6. The first-order valence-corrected chi connectivity index (χ1v) is 12.2. The second-order valence-corrected chi connectivity index (χ2v) is 9.61. The highest BCUT2D eigenvalue weighted by Gasteiger charge is 2.39. The number of hydrogen-bond donors (Lipinski definition) is 2. The van der Waals surface area contributed by atoms with Crippen LogP contribution in [0.3, 0.4) is 0 Å². The van der Waals surface area contributed by atoms with Gasteiger partial charge in [-0.15, -0.1) is 0 Å². The molecule has 15 heteroatoms. The van der Waals surface area contributed by atoms with Gasteiger partial charge in [0.2, 0.25) is 11.9 Å². The molecule has 4 rings (SSSR count). The molecule has 0 aromatic carbocycles. The van der Waals surface area contributed by atoms with Crippen molar-refractivity contribution in [1.82, 2.24) is 25.1 Å². The van der Waals surface area contributed by atoms with Crippen LogP contribution >= 0.6 is 0 Å². The molecule has 2 N–H and O–H groups in total. The SMILES string of the molecule is C[C@@H](CC[C@@H]1CCN(C2CCN(c3ncc(C(F)(F)F)cn3)CC2)C1=O)Nc1cn[nH]c(=O)c1C(F)(F)F. The van der Waals surface area contributed by atoms with Gasteiger partial charge in [0.05, 0.1) is 17.4 Å². The summed E-state index contributed by atoms with van der Waals surface area (Å²) >= 11 is 0. The monoisotopic (exact) mass is 547 g/mol. The Bertz CT molecular complexity index is 1180. The first-order valence-electron chi connectivity index (χ1n) is 12.2. The molecule has 38 heavy (non-hydrogen) atoms. The molecule has 0 radical (unpaired) electrons. The normalized spacial score (nSPS) is 20.2. The minimum absolute atomic E-state index is 0.00441. The number of anilines is 2. The van der Waals surface area contributed by atoms with Crippen LogP contribution in [-0.4, -0.2) is 62.7 Å². The van der Waals surface area contributed by atoms with Crippen LogP contribution < -0.4 is 15.8 Å². The molecule has 2 aliphatic heterocycles. The lowest BCUT2D eigenvalue weighted by molar-refractivity contribution is -0.139. The molecule has 2 aliphatic rings. The van der Waals surface area contributed by atoms with Gasteiger partial charge in [-0.25, -0.2) is 15.1 Å². The van der Waals surface area contributed by atoms with E-state index in [1.54, 1.807) is 16.9 Å². The fourth-order valence-electron chi connectivity index (χ4n) is 4.98. The number of aromatic nitrogens is 4. The lowest BCUT2D eigenvalue weighted by atomic mass is 9.98. The van der Waals surface area contributed by atoms with E-state index in [1.807, 2.05) is 4.90 Å². The van der Waals surface area contributed by atoms with Crippen LogP contribution in [0.2, 0.25) is 0 Å². The van der Waals surface area contributed by atoms with E-state index in [0.29, 0.717) is 51.7 Å². The second-order valence-electron chi connectivity index (χ2n) is 9.61. The van der Waals surface area contributed by atoms with E-state index < -0.39 is 40.8 Å². The number of nitrogens with one attached hydrogen (secondary N) is 2. The molecule has 0 spiro atoms. The van der Waals surface area contributed by atoms with Gasteiger partial charge in [-0.05, 0) is 39.0 Å². The average molecular weight is 548 g/mol. The van der Waals surface area contributed by atoms with Crippen molar-refractivity contribution in [2.24, 2.45) is 5.92 Å². The zero-order chi connectivity index (χ0) is 27.7. The van der Waals surface area contributed by atoms with Crippen LogP contribution in [0.5, 0.6) is 0 Å². The van der Waals surface area contributed by atoms with Crippen molar-refractivity contribution in [1.29, 1.82) is 0 Å². The molecule has 0 saturated carbocycles. The van der Waals surface area contributed by atoms with E-state index in [0.717, 1.165) is 18.6 Å². The van der Waals surface area contributed by atoms with Crippen molar-refractivity contribution >= 4 is 17.5 Å². The van der Waals surface area contributed by atoms with Crippen LogP contribution in [0.25, 0.3) is 0 Å². The lowest BCUT2D eigenvalue weighted by Gasteiger charge is -2.37. The number of H-pyrrole nitrogens is 1. The molecule has 1 amide bonds. The minimum Gasteiger partial charge on any atom is -0.381 e. The smallest absolute Gasteiger partial charge is 0.381 e. The molecular formula is C23H27F6N7O2. The predicted molar refractivity (Wildman–Crippen MR) is 124 cm³/mol. The van der Waals surface area contributed by atoms with E-state index in [4.69, 9.17) is 0 Å². The third kappa shape index (κ3) is 6.18. The fourth-order valence-corrected chi connectivity index (χ4v) is 4.98. The van der Waals surface area contributed by atoms with E-state index in [2.05, 4.69) is 20.4 Å². The van der Waals surface area contributed by atoms with Crippen LogP contribution in [0.4, 0.5) is 38.0 Å². The Balaban J connectivity index is 1.27. The first-order chi connectivity index (χ1) is 17.8. The standard InChI is InChI=1S/C23H27F6N7O2/c1-13(33-17-12-32-34-19(37)18(17)23(27,28)29)2-3-14-4-9-36(20(14)38)16-5-7-35(8-6-16)21-30-10-15(11-31-21)22(24,25)26/h10-14,16H,2-9H2,1H3,(H2,33,34,37)/t13-,14+/m0/s1. The van der Waals surface area contributed by atoms with Gasteiger partial charge in [0.1, 0.15) is 5.56 Å². The number of hydrogen-bond acceptors (Lipinski definition) is 7. The summed E-state index contributed by atoms with van der Waals surface area (Å²) in [7, 11) is 0. The van der Waals surface area contributed by atoms with Gasteiger partial charge in [0, 0.05) is 50.0 Å². The summed E-state index contributed by atoms with van der Waals surface area (Å²) in [4.78, 5) is 36.0. The van der Waals surface area contributed by atoms with Gasteiger partial charge in [-0.2, -0.15) is 31.4 Å². The predicted octanol–water partition coefficient (Wildman–Crippen LogP) is 3.70. The van der Waals surface area contributed by atoms with Crippen LogP contribution in [0, 0.1) is 5.92 Å². The van der Waals surface area contributed by atoms with Crippen LogP contribution in [-0.2, 0) is 17.1 Å². The molecular weight excluding hydrogens is 520 g/mol. The zero-order valence-corrected chi connectivity index (χ0v) is 20.4. The Labute approximate surface area is 213 Å². The lowest BCUT2D eigenvalue weighted by Crippen LogP contribution is -2.46. The number of amides is 1. The van der Waals surface area contributed by atoms with Gasteiger partial charge in [-0.1, -0.05) is 0 Å². The molecule has 0 aliphatic carbocycles. The molecule has 2 aromatic rings. The molecule has 4 heterocycles. The maximum atomic E-state index is 13.3. The summed E-state index contributed by atoms with van der Waals surface area (Å²) in [5.74, 6) is -0.0435. The summed E-state index contributed by atoms with van der Waals surface area (Å²) in [5, 5.41) is 7.93. The number of likely N-dealkylation sites (tertiary alicyclic amines) is 1. The summed E-state index contributed by atoms with van der Waals surface area (Å²) < 4.78 is 78.0. The first kappa shape index (κ1) is 27.6. The molecule has 2 atom stereocenters. The third-order valence-electron chi connectivity index (χ3n) is 6.99. The van der Waals surface area contributed by atoms with Crippen molar-refractivity contribution in [3.05, 3.63) is 40.1 Å². The van der Waals surface area contributed by atoms with Crippen LogP contribution in [0.15, 0.2) is 23.4 Å². The van der Waals surface area contributed by atoms with Gasteiger partial charge in [0.15, 0.2) is 0 Å². The maximum Gasteiger partial charge on any atom is 0.423 e. The highest BCUT2D eigenvalue weighted by atomic mass is 19.4. The Morgan fingerprint density at radius 1 is 1.00 bits per heavy atom. The molecule has 9 nitrogen and oxygen atoms in total. The topological polar surface area (TPSA) is 107 Å². The number of rotatable bonds is 7. The minimum atomic E-state index is -4.84. The number of aromatic amines is 1. The molecule has 208 valence electrons. The summed E-state index contributed by atoms with van der Waals surface area (Å²) in [6.07, 6.45) is -4.14. The Morgan fingerprint density at radius 3 is 2.26 bits per heavy atom. The Morgan fingerprint density at radius 2 is 1.66 bits per heavy atom. The third-order valence-corrected chi connectivity index (χ3v) is 6.99. The van der Waals surface area contributed by atoms with Gasteiger partial charge < -0.3 is 15.1 Å².